The monoisotopic (exact) mass is 421 g/mol. The van der Waals surface area contributed by atoms with Gasteiger partial charge in [-0.15, -0.1) is 0 Å². The first-order chi connectivity index (χ1) is 14.9. The molecule has 2 aromatic heterocycles. The van der Waals surface area contributed by atoms with Gasteiger partial charge < -0.3 is 14.9 Å². The van der Waals surface area contributed by atoms with Gasteiger partial charge in [0.05, 0.1) is 11.2 Å². The number of carbonyl (C=O) groups is 1. The van der Waals surface area contributed by atoms with Gasteiger partial charge in [-0.25, -0.2) is 9.78 Å². The molecule has 3 aromatic rings. The summed E-state index contributed by atoms with van der Waals surface area (Å²) in [6.45, 7) is 7.97. The molecule has 0 bridgehead atoms. The standard InChI is InChI=1S/C22H27N7O2/c1-4-23-22(31)27-21-25-17-10-16(11-18(20(17)26-21)29-8-5-7-24-29)15-6-9-28(13-14(2)3)19(30)12-15/h6-7,9-12,14H,4-5,8,13H2,1-3H3,(H3,23,25,26,27,31). The molecule has 1 aliphatic rings. The number of fused-ring (bicyclic) bond motifs is 1. The lowest BCUT2D eigenvalue weighted by Crippen LogP contribution is -2.28. The summed E-state index contributed by atoms with van der Waals surface area (Å²) in [4.78, 5) is 32.2. The van der Waals surface area contributed by atoms with Gasteiger partial charge in [0.1, 0.15) is 5.52 Å². The van der Waals surface area contributed by atoms with E-state index >= 15 is 0 Å². The molecule has 9 nitrogen and oxygen atoms in total. The van der Waals surface area contributed by atoms with Crippen molar-refractivity contribution < 1.29 is 4.79 Å². The van der Waals surface area contributed by atoms with Crippen LogP contribution in [0.1, 0.15) is 27.2 Å². The van der Waals surface area contributed by atoms with Crippen molar-refractivity contribution in [1.29, 1.82) is 0 Å². The molecule has 2 amide bonds. The van der Waals surface area contributed by atoms with E-state index in [9.17, 15) is 9.59 Å². The summed E-state index contributed by atoms with van der Waals surface area (Å²) in [6, 6.07) is 7.22. The van der Waals surface area contributed by atoms with Gasteiger partial charge in [-0.1, -0.05) is 13.8 Å². The Morgan fingerprint density at radius 1 is 1.26 bits per heavy atom. The quantitative estimate of drug-likeness (QED) is 0.567. The number of urea groups is 1. The van der Waals surface area contributed by atoms with Crippen molar-refractivity contribution in [2.45, 2.75) is 33.7 Å². The Balaban J connectivity index is 1.77. The highest BCUT2D eigenvalue weighted by molar-refractivity contribution is 5.97. The van der Waals surface area contributed by atoms with Gasteiger partial charge in [-0.2, -0.15) is 5.10 Å². The minimum atomic E-state index is -0.323. The molecule has 0 spiro atoms. The van der Waals surface area contributed by atoms with Gasteiger partial charge in [0.25, 0.3) is 5.56 Å². The van der Waals surface area contributed by atoms with Crippen molar-refractivity contribution in [2.24, 2.45) is 11.0 Å². The number of rotatable bonds is 6. The minimum absolute atomic E-state index is 0.0322. The average Bonchev–Trinajstić information content (AvgIpc) is 3.38. The maximum Gasteiger partial charge on any atom is 0.321 e. The van der Waals surface area contributed by atoms with Crippen LogP contribution in [-0.2, 0) is 6.54 Å². The van der Waals surface area contributed by atoms with Crippen LogP contribution in [0.15, 0.2) is 40.4 Å². The fraction of sp³-hybridized carbons (Fsp3) is 0.364. The third-order valence-corrected chi connectivity index (χ3v) is 5.00. The number of amides is 2. The molecule has 3 N–H and O–H groups in total. The van der Waals surface area contributed by atoms with Crippen molar-refractivity contribution in [3.05, 3.63) is 40.8 Å². The van der Waals surface area contributed by atoms with Gasteiger partial charge >= 0.3 is 6.03 Å². The van der Waals surface area contributed by atoms with E-state index in [1.807, 2.05) is 42.5 Å². The number of imidazole rings is 1. The second-order valence-corrected chi connectivity index (χ2v) is 7.97. The van der Waals surface area contributed by atoms with Crippen molar-refractivity contribution in [3.63, 3.8) is 0 Å². The summed E-state index contributed by atoms with van der Waals surface area (Å²) in [5.74, 6) is 0.746. The zero-order valence-corrected chi connectivity index (χ0v) is 18.0. The predicted molar refractivity (Wildman–Crippen MR) is 124 cm³/mol. The molecule has 0 saturated heterocycles. The minimum Gasteiger partial charge on any atom is -0.338 e. The Morgan fingerprint density at radius 3 is 2.77 bits per heavy atom. The summed E-state index contributed by atoms with van der Waals surface area (Å²) in [7, 11) is 0. The zero-order chi connectivity index (χ0) is 22.0. The summed E-state index contributed by atoms with van der Waals surface area (Å²) >= 11 is 0. The number of hydrogen-bond donors (Lipinski definition) is 3. The second kappa shape index (κ2) is 8.63. The molecule has 0 fully saturated rings. The number of nitrogens with one attached hydrogen (secondary N) is 3. The molecular weight excluding hydrogens is 394 g/mol. The van der Waals surface area contributed by atoms with Gasteiger partial charge in [-0.05, 0) is 42.2 Å². The third kappa shape index (κ3) is 4.45. The Kier molecular flexibility index (Phi) is 5.75. The first-order valence-corrected chi connectivity index (χ1v) is 10.5. The highest BCUT2D eigenvalue weighted by atomic mass is 16.2. The van der Waals surface area contributed by atoms with E-state index in [0.29, 0.717) is 30.5 Å². The van der Waals surface area contributed by atoms with Crippen LogP contribution in [0.2, 0.25) is 0 Å². The number of H-pyrrole nitrogens is 1. The van der Waals surface area contributed by atoms with Crippen molar-refractivity contribution >= 4 is 34.9 Å². The normalized spacial score (nSPS) is 13.4. The Labute approximate surface area is 180 Å². The molecule has 0 saturated carbocycles. The molecule has 162 valence electrons. The number of nitrogens with zero attached hydrogens (tertiary/aromatic N) is 4. The third-order valence-electron chi connectivity index (χ3n) is 5.00. The molecule has 0 unspecified atom stereocenters. The molecule has 1 aromatic carbocycles. The summed E-state index contributed by atoms with van der Waals surface area (Å²) in [5, 5.41) is 11.7. The van der Waals surface area contributed by atoms with Gasteiger partial charge in [-0.3, -0.25) is 15.1 Å². The number of anilines is 2. The number of aromatic nitrogens is 3. The zero-order valence-electron chi connectivity index (χ0n) is 18.0. The van der Waals surface area contributed by atoms with E-state index in [0.717, 1.165) is 35.3 Å². The Bertz CT molecular complexity index is 1190. The van der Waals surface area contributed by atoms with Crippen LogP contribution in [0, 0.1) is 5.92 Å². The predicted octanol–water partition coefficient (Wildman–Crippen LogP) is 3.38. The topological polar surface area (TPSA) is 107 Å². The first-order valence-electron chi connectivity index (χ1n) is 10.5. The SMILES string of the molecule is CCNC(=O)Nc1nc2c(N3CCC=N3)cc(-c3ccn(CC(C)C)c(=O)c3)cc2[nH]1. The van der Waals surface area contributed by atoms with E-state index in [4.69, 9.17) is 0 Å². The van der Waals surface area contributed by atoms with Gasteiger partial charge in [0, 0.05) is 44.5 Å². The number of hydrazone groups is 1. The fourth-order valence-electron chi connectivity index (χ4n) is 3.64. The lowest BCUT2D eigenvalue weighted by Gasteiger charge is -2.16. The largest absolute Gasteiger partial charge is 0.338 e. The lowest BCUT2D eigenvalue weighted by molar-refractivity contribution is 0.252. The van der Waals surface area contributed by atoms with Crippen LogP contribution in [0.25, 0.3) is 22.2 Å². The van der Waals surface area contributed by atoms with Crippen LogP contribution in [0.3, 0.4) is 0 Å². The van der Waals surface area contributed by atoms with Crippen molar-refractivity contribution in [2.75, 3.05) is 23.4 Å². The number of aromatic amines is 1. The average molecular weight is 422 g/mol. The van der Waals surface area contributed by atoms with E-state index in [-0.39, 0.29) is 11.6 Å². The maximum absolute atomic E-state index is 12.6. The molecule has 9 heteroatoms. The van der Waals surface area contributed by atoms with Crippen LogP contribution in [-0.4, -0.2) is 39.9 Å². The number of carbonyl (C=O) groups excluding carboxylic acids is 1. The molecule has 4 rings (SSSR count). The van der Waals surface area contributed by atoms with Crippen LogP contribution in [0.4, 0.5) is 16.4 Å². The molecule has 1 aliphatic heterocycles. The van der Waals surface area contributed by atoms with E-state index in [1.54, 1.807) is 10.6 Å². The number of pyridine rings is 1. The number of benzene rings is 1. The van der Waals surface area contributed by atoms with Gasteiger partial charge in [0.15, 0.2) is 0 Å². The maximum atomic E-state index is 12.6. The number of hydrogen-bond acceptors (Lipinski definition) is 5. The Morgan fingerprint density at radius 2 is 2.10 bits per heavy atom. The second-order valence-electron chi connectivity index (χ2n) is 7.97. The smallest absolute Gasteiger partial charge is 0.321 e. The van der Waals surface area contributed by atoms with E-state index in [1.165, 1.54) is 0 Å². The van der Waals surface area contributed by atoms with Crippen molar-refractivity contribution in [1.82, 2.24) is 19.9 Å². The summed E-state index contributed by atoms with van der Waals surface area (Å²) in [6.07, 6.45) is 4.56. The van der Waals surface area contributed by atoms with Crippen LogP contribution in [0.5, 0.6) is 0 Å². The highest BCUT2D eigenvalue weighted by Crippen LogP contribution is 2.33. The van der Waals surface area contributed by atoms with Gasteiger partial charge in [0.2, 0.25) is 5.95 Å². The molecule has 31 heavy (non-hydrogen) atoms. The fourth-order valence-corrected chi connectivity index (χ4v) is 3.64. The highest BCUT2D eigenvalue weighted by Gasteiger charge is 2.18. The van der Waals surface area contributed by atoms with Crippen LogP contribution >= 0.6 is 0 Å². The summed E-state index contributed by atoms with van der Waals surface area (Å²) < 4.78 is 1.73. The van der Waals surface area contributed by atoms with Crippen molar-refractivity contribution in [3.8, 4) is 11.1 Å². The molecular formula is C22H27N7O2. The van der Waals surface area contributed by atoms with E-state index in [2.05, 4.69) is 39.6 Å². The van der Waals surface area contributed by atoms with E-state index < -0.39 is 0 Å². The molecule has 0 radical (unpaired) electrons. The molecule has 0 atom stereocenters. The van der Waals surface area contributed by atoms with Crippen LogP contribution < -0.4 is 21.2 Å². The Hall–Kier alpha value is -3.62. The summed E-state index contributed by atoms with van der Waals surface area (Å²) in [5.41, 5.74) is 3.97. The lowest BCUT2D eigenvalue weighted by atomic mass is 10.0. The molecule has 3 heterocycles. The molecule has 0 aliphatic carbocycles. The first kappa shape index (κ1) is 20.6.